The van der Waals surface area contributed by atoms with Crippen molar-refractivity contribution in [2.75, 3.05) is 0 Å². The highest BCUT2D eigenvalue weighted by Gasteiger charge is 2.18. The number of hydrogen-bond donors (Lipinski definition) is 0. The molecule has 0 aromatic heterocycles. The van der Waals surface area contributed by atoms with Crippen molar-refractivity contribution in [2.24, 2.45) is 17.8 Å². The normalized spacial score (nSPS) is 38.0. The highest BCUT2D eigenvalue weighted by atomic mass is 14.2. The van der Waals surface area contributed by atoms with Crippen LogP contribution in [0.15, 0.2) is 30.5 Å². The van der Waals surface area contributed by atoms with Crippen LogP contribution in [0.3, 0.4) is 0 Å². The Morgan fingerprint density at radius 3 is 2.60 bits per heavy atom. The monoisotopic (exact) mass is 134 g/mol. The lowest BCUT2D eigenvalue weighted by molar-refractivity contribution is 0.393. The second-order valence-electron chi connectivity index (χ2n) is 3.03. The zero-order chi connectivity index (χ0) is 7.56. The van der Waals surface area contributed by atoms with Gasteiger partial charge in [0.25, 0.3) is 0 Å². The Balaban J connectivity index is 2.79. The summed E-state index contributed by atoms with van der Waals surface area (Å²) in [5.74, 6) is 1.87. The molecule has 1 aliphatic carbocycles. The summed E-state index contributed by atoms with van der Waals surface area (Å²) < 4.78 is 0. The molecule has 0 bridgehead atoms. The van der Waals surface area contributed by atoms with Crippen LogP contribution in [0.25, 0.3) is 0 Å². The van der Waals surface area contributed by atoms with E-state index in [1.165, 1.54) is 0 Å². The highest BCUT2D eigenvalue weighted by Crippen LogP contribution is 2.26. The lowest BCUT2D eigenvalue weighted by Crippen LogP contribution is -2.15. The van der Waals surface area contributed by atoms with Gasteiger partial charge in [0.05, 0.1) is 0 Å². The predicted molar refractivity (Wildman–Crippen MR) is 44.7 cm³/mol. The molecule has 0 nitrogen and oxygen atoms in total. The van der Waals surface area contributed by atoms with E-state index >= 15 is 0 Å². The average molecular weight is 134 g/mol. The van der Waals surface area contributed by atoms with E-state index in [1.54, 1.807) is 0 Å². The van der Waals surface area contributed by atoms with Crippen molar-refractivity contribution in [1.29, 1.82) is 0 Å². The molecule has 1 rings (SSSR count). The van der Waals surface area contributed by atoms with Crippen molar-refractivity contribution in [3.05, 3.63) is 30.5 Å². The summed E-state index contributed by atoms with van der Waals surface area (Å²) >= 11 is 0. The molecule has 0 aromatic rings. The zero-order valence-electron chi connectivity index (χ0n) is 6.67. The Morgan fingerprint density at radius 1 is 1.40 bits per heavy atom. The van der Waals surface area contributed by atoms with Gasteiger partial charge in [-0.15, -0.1) is 12.3 Å². The minimum Gasteiger partial charge on any atom is -0.129 e. The maximum atomic E-state index is 3.78. The molecule has 0 saturated carbocycles. The third kappa shape index (κ3) is 1.22. The molecule has 0 aliphatic heterocycles. The molecule has 0 spiro atoms. The SMILES string of the molecule is C=CC1C=C=CC(C)C1C. The Labute approximate surface area is 62.9 Å². The van der Waals surface area contributed by atoms with Crippen LogP contribution in [0.2, 0.25) is 0 Å². The molecular weight excluding hydrogens is 120 g/mol. The van der Waals surface area contributed by atoms with Gasteiger partial charge >= 0.3 is 0 Å². The smallest absolute Gasteiger partial charge is 0.00510 e. The molecule has 0 heterocycles. The van der Waals surface area contributed by atoms with E-state index in [1.807, 2.05) is 6.08 Å². The lowest BCUT2D eigenvalue weighted by Gasteiger charge is -2.23. The number of rotatable bonds is 1. The fourth-order valence-electron chi connectivity index (χ4n) is 1.26. The molecule has 0 amide bonds. The van der Waals surface area contributed by atoms with Gasteiger partial charge < -0.3 is 0 Å². The average Bonchev–Trinajstić information content (AvgIpc) is 1.95. The molecule has 0 heteroatoms. The lowest BCUT2D eigenvalue weighted by atomic mass is 9.81. The minimum atomic E-state index is 0.528. The summed E-state index contributed by atoms with van der Waals surface area (Å²) in [5.41, 5.74) is 3.14. The van der Waals surface area contributed by atoms with Crippen LogP contribution in [0.1, 0.15) is 13.8 Å². The first kappa shape index (κ1) is 7.37. The van der Waals surface area contributed by atoms with E-state index in [0.717, 1.165) is 0 Å². The summed E-state index contributed by atoms with van der Waals surface area (Å²) in [7, 11) is 0. The van der Waals surface area contributed by atoms with Crippen molar-refractivity contribution >= 4 is 0 Å². The van der Waals surface area contributed by atoms with Gasteiger partial charge in [0.2, 0.25) is 0 Å². The highest BCUT2D eigenvalue weighted by molar-refractivity contribution is 5.07. The molecule has 0 fully saturated rings. The van der Waals surface area contributed by atoms with Crippen LogP contribution >= 0.6 is 0 Å². The van der Waals surface area contributed by atoms with Crippen molar-refractivity contribution in [3.8, 4) is 0 Å². The first-order valence-electron chi connectivity index (χ1n) is 3.81. The first-order chi connectivity index (χ1) is 4.75. The molecule has 1 aliphatic rings. The summed E-state index contributed by atoms with van der Waals surface area (Å²) in [6.45, 7) is 8.26. The Hall–Kier alpha value is -0.740. The van der Waals surface area contributed by atoms with Gasteiger partial charge in [-0.3, -0.25) is 0 Å². The second kappa shape index (κ2) is 2.90. The van der Waals surface area contributed by atoms with E-state index in [2.05, 4.69) is 38.3 Å². The van der Waals surface area contributed by atoms with E-state index in [0.29, 0.717) is 17.8 Å². The zero-order valence-corrected chi connectivity index (χ0v) is 6.67. The van der Waals surface area contributed by atoms with Gasteiger partial charge in [-0.1, -0.05) is 19.9 Å². The van der Waals surface area contributed by atoms with E-state index in [-0.39, 0.29) is 0 Å². The fourth-order valence-corrected chi connectivity index (χ4v) is 1.26. The van der Waals surface area contributed by atoms with Crippen LogP contribution in [0.5, 0.6) is 0 Å². The first-order valence-corrected chi connectivity index (χ1v) is 3.81. The van der Waals surface area contributed by atoms with Crippen molar-refractivity contribution in [1.82, 2.24) is 0 Å². The summed E-state index contributed by atoms with van der Waals surface area (Å²) in [4.78, 5) is 0. The maximum absolute atomic E-state index is 3.78. The van der Waals surface area contributed by atoms with Gasteiger partial charge in [-0.2, -0.15) is 0 Å². The molecule has 0 saturated heterocycles. The summed E-state index contributed by atoms with van der Waals surface area (Å²) in [6.07, 6.45) is 6.23. The van der Waals surface area contributed by atoms with Crippen LogP contribution in [0, 0.1) is 17.8 Å². The quantitative estimate of drug-likeness (QED) is 0.382. The third-order valence-electron chi connectivity index (χ3n) is 2.36. The van der Waals surface area contributed by atoms with Crippen molar-refractivity contribution in [2.45, 2.75) is 13.8 Å². The molecule has 10 heavy (non-hydrogen) atoms. The van der Waals surface area contributed by atoms with E-state index < -0.39 is 0 Å². The standard InChI is InChI=1S/C10H14/c1-4-10-7-5-6-8(2)9(10)3/h4,6-10H,1H2,2-3H3. The van der Waals surface area contributed by atoms with Gasteiger partial charge in [0, 0.05) is 5.92 Å². The number of hydrogen-bond acceptors (Lipinski definition) is 0. The second-order valence-corrected chi connectivity index (χ2v) is 3.03. The van der Waals surface area contributed by atoms with Gasteiger partial charge in [0.15, 0.2) is 0 Å². The predicted octanol–water partition coefficient (Wildman–Crippen LogP) is 2.79. The third-order valence-corrected chi connectivity index (χ3v) is 2.36. The van der Waals surface area contributed by atoms with Crippen LogP contribution in [-0.4, -0.2) is 0 Å². The molecule has 0 aromatic carbocycles. The molecule has 0 N–H and O–H groups in total. The van der Waals surface area contributed by atoms with Gasteiger partial charge in [0.1, 0.15) is 0 Å². The topological polar surface area (TPSA) is 0 Å². The van der Waals surface area contributed by atoms with Crippen molar-refractivity contribution < 1.29 is 0 Å². The number of allylic oxidation sites excluding steroid dienone is 2. The summed E-state index contributed by atoms with van der Waals surface area (Å²) in [6, 6.07) is 0. The molecular formula is C10H14. The Morgan fingerprint density at radius 2 is 2.10 bits per heavy atom. The van der Waals surface area contributed by atoms with Crippen molar-refractivity contribution in [3.63, 3.8) is 0 Å². The molecule has 54 valence electrons. The van der Waals surface area contributed by atoms with E-state index in [9.17, 15) is 0 Å². The maximum Gasteiger partial charge on any atom is 0.00510 e. The molecule has 3 atom stereocenters. The van der Waals surface area contributed by atoms with Crippen LogP contribution in [-0.2, 0) is 0 Å². The molecule has 3 unspecified atom stereocenters. The minimum absolute atomic E-state index is 0.528. The van der Waals surface area contributed by atoms with Crippen LogP contribution in [0.4, 0.5) is 0 Å². The molecule has 0 radical (unpaired) electrons. The summed E-state index contributed by atoms with van der Waals surface area (Å²) in [5, 5.41) is 0. The van der Waals surface area contributed by atoms with Crippen LogP contribution < -0.4 is 0 Å². The van der Waals surface area contributed by atoms with Gasteiger partial charge in [-0.25, -0.2) is 0 Å². The largest absolute Gasteiger partial charge is 0.129 e. The fraction of sp³-hybridized carbons (Fsp3) is 0.500. The Bertz CT molecular complexity index is 182. The van der Waals surface area contributed by atoms with E-state index in [4.69, 9.17) is 0 Å². The van der Waals surface area contributed by atoms with Gasteiger partial charge in [-0.05, 0) is 24.0 Å². The Kier molecular flexibility index (Phi) is 2.13.